The number of rotatable bonds is 6. The maximum absolute atomic E-state index is 13.3. The van der Waals surface area contributed by atoms with Crippen molar-refractivity contribution < 1.29 is 9.18 Å². The first kappa shape index (κ1) is 20.3. The smallest absolute Gasteiger partial charge is 0.338 e. The Morgan fingerprint density at radius 3 is 2.86 bits per heavy atom. The molecule has 1 atom stereocenters. The van der Waals surface area contributed by atoms with Crippen molar-refractivity contribution in [2.45, 2.75) is 45.7 Å². The summed E-state index contributed by atoms with van der Waals surface area (Å²) in [5, 5.41) is 4.69. The van der Waals surface area contributed by atoms with Crippen molar-refractivity contribution in [1.29, 1.82) is 0 Å². The molecule has 1 aliphatic heterocycles. The Labute approximate surface area is 168 Å². The van der Waals surface area contributed by atoms with E-state index >= 15 is 0 Å². The van der Waals surface area contributed by atoms with Gasteiger partial charge >= 0.3 is 5.69 Å². The number of carbonyl (C=O) groups is 1. The zero-order valence-corrected chi connectivity index (χ0v) is 16.9. The molecule has 3 rings (SSSR count). The summed E-state index contributed by atoms with van der Waals surface area (Å²) >= 11 is 6.09. The van der Waals surface area contributed by atoms with Crippen LogP contribution >= 0.6 is 11.6 Å². The van der Waals surface area contributed by atoms with Gasteiger partial charge in [-0.15, -0.1) is 0 Å². The lowest BCUT2D eigenvalue weighted by Gasteiger charge is -2.28. The lowest BCUT2D eigenvalue weighted by Crippen LogP contribution is -2.39. The van der Waals surface area contributed by atoms with Gasteiger partial charge in [0.05, 0.1) is 12.5 Å². The zero-order chi connectivity index (χ0) is 20.4. The van der Waals surface area contributed by atoms with Gasteiger partial charge in [-0.25, -0.2) is 13.9 Å². The van der Waals surface area contributed by atoms with E-state index in [1.54, 1.807) is 9.47 Å². The van der Waals surface area contributed by atoms with Crippen LogP contribution in [0.1, 0.15) is 44.0 Å². The van der Waals surface area contributed by atoms with Crippen LogP contribution in [0.3, 0.4) is 0 Å². The first-order chi connectivity index (χ1) is 13.3. The highest BCUT2D eigenvalue weighted by molar-refractivity contribution is 6.31. The summed E-state index contributed by atoms with van der Waals surface area (Å²) in [7, 11) is 0. The molecule has 0 aliphatic carbocycles. The maximum atomic E-state index is 13.3. The fourth-order valence-corrected chi connectivity index (χ4v) is 3.78. The van der Waals surface area contributed by atoms with Crippen LogP contribution in [0.5, 0.6) is 0 Å². The van der Waals surface area contributed by atoms with Gasteiger partial charge in [0.25, 0.3) is 0 Å². The lowest BCUT2D eigenvalue weighted by atomic mass is 9.97. The highest BCUT2D eigenvalue weighted by atomic mass is 35.5. The van der Waals surface area contributed by atoms with Crippen molar-refractivity contribution in [3.8, 4) is 0 Å². The van der Waals surface area contributed by atoms with Gasteiger partial charge in [0.15, 0.2) is 0 Å². The predicted molar refractivity (Wildman–Crippen MR) is 106 cm³/mol. The Hall–Kier alpha value is -2.41. The van der Waals surface area contributed by atoms with Crippen molar-refractivity contribution >= 4 is 17.5 Å². The van der Waals surface area contributed by atoms with E-state index < -0.39 is 11.7 Å². The van der Waals surface area contributed by atoms with Gasteiger partial charge in [-0.2, -0.15) is 5.10 Å². The summed E-state index contributed by atoms with van der Waals surface area (Å²) in [6.07, 6.45) is 1.39. The Morgan fingerprint density at radius 2 is 2.21 bits per heavy atom. The average Bonchev–Trinajstić information content (AvgIpc) is 2.97. The van der Waals surface area contributed by atoms with E-state index in [0.29, 0.717) is 37.4 Å². The largest absolute Gasteiger partial charge is 0.346 e. The third-order valence-electron chi connectivity index (χ3n) is 4.93. The molecule has 150 valence electrons. The average molecular weight is 407 g/mol. The summed E-state index contributed by atoms with van der Waals surface area (Å²) in [6.45, 7) is 9.40. The van der Waals surface area contributed by atoms with Gasteiger partial charge in [0.2, 0.25) is 5.91 Å². The van der Waals surface area contributed by atoms with E-state index in [-0.39, 0.29) is 23.2 Å². The van der Waals surface area contributed by atoms with Gasteiger partial charge in [-0.3, -0.25) is 9.36 Å². The molecular formula is C20H24ClFN4O2. The third-order valence-corrected chi connectivity index (χ3v) is 5.28. The lowest BCUT2D eigenvalue weighted by molar-refractivity contribution is -0.133. The predicted octanol–water partition coefficient (Wildman–Crippen LogP) is 3.19. The van der Waals surface area contributed by atoms with Crippen LogP contribution in [0.2, 0.25) is 5.02 Å². The number of hydrogen-bond donors (Lipinski definition) is 0. The number of fused-ring (bicyclic) bond motifs is 1. The number of benzene rings is 1. The van der Waals surface area contributed by atoms with Crippen molar-refractivity contribution in [3.05, 3.63) is 63.1 Å². The molecule has 1 aromatic heterocycles. The summed E-state index contributed by atoms with van der Waals surface area (Å²) < 4.78 is 16.1. The van der Waals surface area contributed by atoms with Gasteiger partial charge in [0, 0.05) is 24.7 Å². The van der Waals surface area contributed by atoms with E-state index in [4.69, 9.17) is 11.6 Å². The molecule has 1 aromatic carbocycles. The Bertz CT molecular complexity index is 966. The topological polar surface area (TPSA) is 60.1 Å². The summed E-state index contributed by atoms with van der Waals surface area (Å²) in [4.78, 5) is 27.6. The van der Waals surface area contributed by atoms with Crippen LogP contribution in [0, 0.1) is 5.82 Å². The Balaban J connectivity index is 1.92. The number of nitrogens with zero attached hydrogens (tertiary/aromatic N) is 4. The molecule has 28 heavy (non-hydrogen) atoms. The van der Waals surface area contributed by atoms with Crippen molar-refractivity contribution in [1.82, 2.24) is 19.2 Å². The van der Waals surface area contributed by atoms with Gasteiger partial charge in [-0.1, -0.05) is 29.8 Å². The second-order valence-corrected chi connectivity index (χ2v) is 7.60. The molecule has 1 amide bonds. The van der Waals surface area contributed by atoms with E-state index in [1.807, 2.05) is 13.8 Å². The van der Waals surface area contributed by atoms with E-state index in [1.165, 1.54) is 22.9 Å². The normalized spacial score (nSPS) is 15.9. The van der Waals surface area contributed by atoms with E-state index in [0.717, 1.165) is 12.0 Å². The fourth-order valence-electron chi connectivity index (χ4n) is 3.55. The van der Waals surface area contributed by atoms with Crippen molar-refractivity contribution in [2.75, 3.05) is 13.1 Å². The number of likely N-dealkylation sites (N-methyl/N-ethyl adjacent to an activating group) is 1. The van der Waals surface area contributed by atoms with Crippen molar-refractivity contribution in [3.63, 3.8) is 0 Å². The summed E-state index contributed by atoms with van der Waals surface area (Å²) in [6, 6.07) is 4.04. The number of hydrogen-bond acceptors (Lipinski definition) is 3. The number of aromatic nitrogens is 3. The van der Waals surface area contributed by atoms with Gasteiger partial charge in [-0.05, 0) is 44.4 Å². The van der Waals surface area contributed by atoms with Crippen LogP contribution in [-0.2, 0) is 17.9 Å². The fraction of sp³-hybridized carbons (Fsp3) is 0.450. The monoisotopic (exact) mass is 406 g/mol. The molecule has 0 fully saturated rings. The Morgan fingerprint density at radius 1 is 1.46 bits per heavy atom. The SMILES string of the molecule is C=C(C)CN(CC)C(=O)C1CCCn2c1nn(Cc1ccc(F)cc1Cl)c2=O. The minimum Gasteiger partial charge on any atom is -0.338 e. The number of halogens is 2. The minimum atomic E-state index is -0.453. The van der Waals surface area contributed by atoms with Gasteiger partial charge < -0.3 is 4.90 Å². The number of carbonyl (C=O) groups excluding carboxylic acids is 1. The van der Waals surface area contributed by atoms with Crippen LogP contribution in [0.15, 0.2) is 35.1 Å². The molecule has 0 saturated heterocycles. The zero-order valence-electron chi connectivity index (χ0n) is 16.1. The quantitative estimate of drug-likeness (QED) is 0.692. The standard InChI is InChI=1S/C20H24ClFN4O2/c1-4-24(11-13(2)3)19(27)16-6-5-9-25-18(16)23-26(20(25)28)12-14-7-8-15(22)10-17(14)21/h7-8,10,16H,2,4-6,9,11-12H2,1,3H3. The molecule has 6 nitrogen and oxygen atoms in total. The highest BCUT2D eigenvalue weighted by Crippen LogP contribution is 2.27. The summed E-state index contributed by atoms with van der Waals surface area (Å²) in [5.41, 5.74) is 1.22. The molecule has 2 aromatic rings. The van der Waals surface area contributed by atoms with Crippen LogP contribution < -0.4 is 5.69 Å². The molecule has 0 saturated carbocycles. The molecule has 0 N–H and O–H groups in total. The molecule has 0 bridgehead atoms. The molecule has 0 spiro atoms. The molecular weight excluding hydrogens is 383 g/mol. The molecule has 1 aliphatic rings. The van der Waals surface area contributed by atoms with Crippen molar-refractivity contribution in [2.24, 2.45) is 0 Å². The summed E-state index contributed by atoms with van der Waals surface area (Å²) in [5.74, 6) is -0.443. The maximum Gasteiger partial charge on any atom is 0.346 e. The molecule has 1 unspecified atom stereocenters. The van der Waals surface area contributed by atoms with E-state index in [2.05, 4.69) is 11.7 Å². The second kappa shape index (κ2) is 8.31. The Kier molecular flexibility index (Phi) is 6.03. The van der Waals surface area contributed by atoms with E-state index in [9.17, 15) is 14.0 Å². The molecule has 8 heteroatoms. The first-order valence-corrected chi connectivity index (χ1v) is 9.74. The van der Waals surface area contributed by atoms with Crippen LogP contribution in [-0.4, -0.2) is 38.2 Å². The van der Waals surface area contributed by atoms with Crippen LogP contribution in [0.25, 0.3) is 0 Å². The van der Waals surface area contributed by atoms with Crippen LogP contribution in [0.4, 0.5) is 4.39 Å². The van der Waals surface area contributed by atoms with Gasteiger partial charge in [0.1, 0.15) is 11.6 Å². The third kappa shape index (κ3) is 4.04. The minimum absolute atomic E-state index is 0.0385. The highest BCUT2D eigenvalue weighted by Gasteiger charge is 2.33. The molecule has 2 heterocycles. The second-order valence-electron chi connectivity index (χ2n) is 7.19. The molecule has 0 radical (unpaired) electrons. The number of amides is 1. The first-order valence-electron chi connectivity index (χ1n) is 9.36.